The number of hydrogen-bond donors (Lipinski definition) is 2. The van der Waals surface area contributed by atoms with E-state index in [1.54, 1.807) is 30.3 Å². The van der Waals surface area contributed by atoms with E-state index in [1.165, 1.54) is 0 Å². The second-order valence-electron chi connectivity index (χ2n) is 7.65. The molecule has 0 aliphatic carbocycles. The maximum atomic E-state index is 12.5. The van der Waals surface area contributed by atoms with Crippen molar-refractivity contribution >= 4 is 29.3 Å². The first-order valence-corrected chi connectivity index (χ1v) is 11.0. The van der Waals surface area contributed by atoms with Crippen molar-refractivity contribution in [3.63, 3.8) is 0 Å². The predicted octanol–water partition coefficient (Wildman–Crippen LogP) is 4.36. The van der Waals surface area contributed by atoms with E-state index in [0.29, 0.717) is 35.9 Å². The van der Waals surface area contributed by atoms with Crippen LogP contribution >= 0.6 is 11.6 Å². The topological polar surface area (TPSA) is 95.1 Å². The lowest BCUT2D eigenvalue weighted by Gasteiger charge is -2.28. The minimum atomic E-state index is -0.737. The van der Waals surface area contributed by atoms with Gasteiger partial charge in [-0.3, -0.25) is 10.1 Å². The van der Waals surface area contributed by atoms with Crippen LogP contribution in [0.1, 0.15) is 36.8 Å². The lowest BCUT2D eigenvalue weighted by atomic mass is 10.0. The van der Waals surface area contributed by atoms with Gasteiger partial charge in [-0.15, -0.1) is 0 Å². The van der Waals surface area contributed by atoms with Crippen molar-refractivity contribution in [1.82, 2.24) is 5.48 Å². The average Bonchev–Trinajstić information content (AvgIpc) is 2.83. The number of halogens is 1. The number of aryl methyl sites for hydroxylation is 1. The minimum absolute atomic E-state index is 0.102. The van der Waals surface area contributed by atoms with Gasteiger partial charge < -0.3 is 14.2 Å². The number of hydrogen-bond acceptors (Lipinski definition) is 6. The maximum absolute atomic E-state index is 12.5. The second kappa shape index (κ2) is 10.7. The van der Waals surface area contributed by atoms with Crippen LogP contribution in [-0.4, -0.2) is 31.0 Å². The van der Waals surface area contributed by atoms with E-state index in [1.807, 2.05) is 12.1 Å². The number of fused-ring (bicyclic) bond motifs is 1. The van der Waals surface area contributed by atoms with Crippen LogP contribution in [0.25, 0.3) is 0 Å². The third kappa shape index (κ3) is 5.91. The van der Waals surface area contributed by atoms with Gasteiger partial charge in [-0.2, -0.15) is 0 Å². The molecule has 2 N–H and O–H groups in total. The smallest absolute Gasteiger partial charge is 0.412 e. The molecule has 0 bridgehead atoms. The third-order valence-corrected chi connectivity index (χ3v) is 5.53. The number of benzene rings is 2. The number of carbonyl (C=O) groups excluding carboxylic acids is 2. The van der Waals surface area contributed by atoms with Crippen LogP contribution in [0.2, 0.25) is 5.02 Å². The van der Waals surface area contributed by atoms with E-state index in [0.717, 1.165) is 30.4 Å². The number of carbonyl (C=O) groups is 2. The first kappa shape index (κ1) is 22.4. The van der Waals surface area contributed by atoms with Crippen molar-refractivity contribution in [2.45, 2.75) is 51.1 Å². The first-order chi connectivity index (χ1) is 15.6. The fraction of sp³-hybridized carbons (Fsp3) is 0.391. The first-order valence-electron chi connectivity index (χ1n) is 10.6. The van der Waals surface area contributed by atoms with Gasteiger partial charge in [0.1, 0.15) is 12.4 Å². The zero-order chi connectivity index (χ0) is 22.3. The largest absolute Gasteiger partial charge is 0.478 e. The van der Waals surface area contributed by atoms with Crippen LogP contribution in [0.15, 0.2) is 42.5 Å². The summed E-state index contributed by atoms with van der Waals surface area (Å²) in [5.41, 5.74) is 4.61. The number of ether oxygens (including phenoxy) is 3. The molecule has 32 heavy (non-hydrogen) atoms. The van der Waals surface area contributed by atoms with Crippen LogP contribution in [0.5, 0.6) is 5.75 Å². The number of nitrogens with one attached hydrogen (secondary N) is 2. The predicted molar refractivity (Wildman–Crippen MR) is 117 cm³/mol. The molecule has 1 fully saturated rings. The van der Waals surface area contributed by atoms with Crippen molar-refractivity contribution in [1.29, 1.82) is 0 Å². The van der Waals surface area contributed by atoms with Crippen molar-refractivity contribution < 1.29 is 28.6 Å². The molecule has 1 unspecified atom stereocenters. The molecular weight excluding hydrogens is 436 g/mol. The Morgan fingerprint density at radius 2 is 1.94 bits per heavy atom. The minimum Gasteiger partial charge on any atom is -0.478 e. The summed E-state index contributed by atoms with van der Waals surface area (Å²) in [5.74, 6) is 0.0706. The molecule has 2 aliphatic heterocycles. The lowest BCUT2D eigenvalue weighted by molar-refractivity contribution is -0.203. The highest BCUT2D eigenvalue weighted by molar-refractivity contribution is 6.30. The Morgan fingerprint density at radius 1 is 1.09 bits per heavy atom. The van der Waals surface area contributed by atoms with Gasteiger partial charge in [0.05, 0.1) is 5.69 Å². The van der Waals surface area contributed by atoms with Crippen LogP contribution in [0.4, 0.5) is 10.5 Å². The molecule has 0 saturated carbocycles. The maximum Gasteiger partial charge on any atom is 0.412 e. The molecule has 9 heteroatoms. The number of rotatable bonds is 6. The number of anilines is 1. The van der Waals surface area contributed by atoms with E-state index in [9.17, 15) is 9.59 Å². The molecule has 2 aromatic carbocycles. The highest BCUT2D eigenvalue weighted by Crippen LogP contribution is 2.35. The summed E-state index contributed by atoms with van der Waals surface area (Å²) < 4.78 is 16.7. The van der Waals surface area contributed by atoms with Crippen LogP contribution in [0.3, 0.4) is 0 Å². The fourth-order valence-electron chi connectivity index (χ4n) is 3.56. The van der Waals surface area contributed by atoms with Crippen molar-refractivity contribution in [2.75, 3.05) is 11.9 Å². The Bertz CT molecular complexity index is 946. The Balaban J connectivity index is 1.33. The van der Waals surface area contributed by atoms with Crippen LogP contribution in [0, 0.1) is 0 Å². The Morgan fingerprint density at radius 3 is 2.72 bits per heavy atom. The lowest BCUT2D eigenvalue weighted by Crippen LogP contribution is -2.43. The summed E-state index contributed by atoms with van der Waals surface area (Å²) in [6, 6.07) is 12.5. The average molecular weight is 461 g/mol. The monoisotopic (exact) mass is 460 g/mol. The Labute approximate surface area is 191 Å². The van der Waals surface area contributed by atoms with E-state index in [4.69, 9.17) is 30.6 Å². The third-order valence-electron chi connectivity index (χ3n) is 5.27. The van der Waals surface area contributed by atoms with Gasteiger partial charge in [0.25, 0.3) is 5.91 Å². The summed E-state index contributed by atoms with van der Waals surface area (Å²) in [7, 11) is 0. The summed E-state index contributed by atoms with van der Waals surface area (Å²) in [6.45, 7) is 0.724. The van der Waals surface area contributed by atoms with Gasteiger partial charge in [-0.05, 0) is 55.0 Å². The molecule has 2 heterocycles. The molecule has 2 aromatic rings. The highest BCUT2D eigenvalue weighted by Gasteiger charge is 2.29. The molecule has 4 rings (SSSR count). The quantitative estimate of drug-likeness (QED) is 0.622. The van der Waals surface area contributed by atoms with Gasteiger partial charge in [0.15, 0.2) is 12.4 Å². The second-order valence-corrected chi connectivity index (χ2v) is 8.08. The van der Waals surface area contributed by atoms with E-state index in [-0.39, 0.29) is 12.5 Å². The molecule has 2 atom stereocenters. The molecule has 2 aliphatic rings. The standard InChI is InChI=1S/C23H25ClN2O6/c24-17-10-7-15(8-11-17)14-30-23(28)25-18-5-3-4-16-9-12-19(31-21(16)18)22(27)26-32-20-6-1-2-13-29-20/h3-5,7-8,10-11,19-20H,1-2,6,9,12-14H2,(H,25,28)(H,26,27)/t19-,20?/m0/s1. The molecule has 170 valence electrons. The molecule has 8 nitrogen and oxygen atoms in total. The van der Waals surface area contributed by atoms with Gasteiger partial charge in [-0.25, -0.2) is 15.1 Å². The zero-order valence-electron chi connectivity index (χ0n) is 17.5. The molecular formula is C23H25ClN2O6. The summed E-state index contributed by atoms with van der Waals surface area (Å²) >= 11 is 5.87. The number of para-hydroxylation sites is 1. The molecule has 0 spiro atoms. The van der Waals surface area contributed by atoms with Crippen molar-refractivity contribution in [3.8, 4) is 5.75 Å². The van der Waals surface area contributed by atoms with Crippen molar-refractivity contribution in [3.05, 3.63) is 58.6 Å². The van der Waals surface area contributed by atoms with E-state index < -0.39 is 18.5 Å². The Hall–Kier alpha value is -2.81. The fourth-order valence-corrected chi connectivity index (χ4v) is 3.69. The summed E-state index contributed by atoms with van der Waals surface area (Å²) in [4.78, 5) is 30.2. The van der Waals surface area contributed by atoms with Gasteiger partial charge in [0.2, 0.25) is 0 Å². The Kier molecular flexibility index (Phi) is 7.47. The summed E-state index contributed by atoms with van der Waals surface area (Å²) in [6.07, 6.45) is 2.06. The molecule has 0 radical (unpaired) electrons. The van der Waals surface area contributed by atoms with Crippen LogP contribution < -0.4 is 15.5 Å². The molecule has 0 aromatic heterocycles. The number of amides is 2. The normalized spacial score (nSPS) is 19.9. The van der Waals surface area contributed by atoms with Crippen LogP contribution in [-0.2, 0) is 32.1 Å². The zero-order valence-corrected chi connectivity index (χ0v) is 18.2. The van der Waals surface area contributed by atoms with E-state index in [2.05, 4.69) is 10.8 Å². The highest BCUT2D eigenvalue weighted by atomic mass is 35.5. The molecule has 2 amide bonds. The van der Waals surface area contributed by atoms with Gasteiger partial charge >= 0.3 is 6.09 Å². The SMILES string of the molecule is O=C(Nc1cccc2c1O[C@H](C(=O)NOC1CCCCO1)CC2)OCc1ccc(Cl)cc1. The van der Waals surface area contributed by atoms with Crippen molar-refractivity contribution in [2.24, 2.45) is 0 Å². The number of hydroxylamine groups is 1. The van der Waals surface area contributed by atoms with Gasteiger partial charge in [-0.1, -0.05) is 35.9 Å². The van der Waals surface area contributed by atoms with Gasteiger partial charge in [0, 0.05) is 18.1 Å². The molecule has 1 saturated heterocycles. The summed E-state index contributed by atoms with van der Waals surface area (Å²) in [5, 5.41) is 3.31. The van der Waals surface area contributed by atoms with E-state index >= 15 is 0 Å².